The second-order valence-corrected chi connectivity index (χ2v) is 7.82. The van der Waals surface area contributed by atoms with Gasteiger partial charge in [0, 0.05) is 21.5 Å². The molecule has 0 aromatic heterocycles. The highest BCUT2D eigenvalue weighted by Gasteiger charge is 2.45. The van der Waals surface area contributed by atoms with Crippen LogP contribution in [0.1, 0.15) is 51.8 Å². The number of nitrogens with one attached hydrogen (secondary N) is 1. The highest BCUT2D eigenvalue weighted by molar-refractivity contribution is 9.10. The van der Waals surface area contributed by atoms with Crippen molar-refractivity contribution in [2.75, 3.05) is 0 Å². The summed E-state index contributed by atoms with van der Waals surface area (Å²) in [5.41, 5.74) is 1.33. The van der Waals surface area contributed by atoms with Crippen LogP contribution in [0, 0.1) is 11.8 Å². The maximum Gasteiger partial charge on any atom is 0.136 e. The van der Waals surface area contributed by atoms with E-state index < -0.39 is 0 Å². The van der Waals surface area contributed by atoms with Crippen LogP contribution in [0.3, 0.4) is 0 Å². The number of ether oxygens (including phenoxy) is 1. The number of hydrogen-bond donors (Lipinski definition) is 1. The van der Waals surface area contributed by atoms with Gasteiger partial charge < -0.3 is 4.74 Å². The number of fused-ring (bicyclic) bond motifs is 1. The standard InChI is InChI=1S/C17H24BrNO/c1-11-8-9-13-15(10-11)20-16(19-17(13,2)3)12-6-4-5-7-14(12)18/h4-7,11,13,15-16,19H,8-10H2,1-3H3/t11-,13-,15-,16+/m1/s1. The SMILES string of the molecule is C[C@@H]1CC[C@@H]2[C@@H](C1)O[C@@H](c1ccccc1Br)NC2(C)C. The molecule has 1 aromatic rings. The van der Waals surface area contributed by atoms with E-state index in [1.807, 2.05) is 6.07 Å². The maximum absolute atomic E-state index is 6.42. The summed E-state index contributed by atoms with van der Waals surface area (Å²) in [6, 6.07) is 8.36. The molecule has 1 saturated carbocycles. The summed E-state index contributed by atoms with van der Waals surface area (Å²) in [4.78, 5) is 0. The summed E-state index contributed by atoms with van der Waals surface area (Å²) < 4.78 is 7.54. The van der Waals surface area contributed by atoms with Gasteiger partial charge in [-0.25, -0.2) is 0 Å². The molecular formula is C17H24BrNO. The lowest BCUT2D eigenvalue weighted by Gasteiger charge is -2.51. The van der Waals surface area contributed by atoms with Gasteiger partial charge in [-0.15, -0.1) is 0 Å². The van der Waals surface area contributed by atoms with Gasteiger partial charge in [0.1, 0.15) is 6.23 Å². The molecule has 1 N–H and O–H groups in total. The Balaban J connectivity index is 1.87. The van der Waals surface area contributed by atoms with Crippen LogP contribution in [0.2, 0.25) is 0 Å². The minimum Gasteiger partial charge on any atom is -0.355 e. The van der Waals surface area contributed by atoms with E-state index in [9.17, 15) is 0 Å². The molecular weight excluding hydrogens is 314 g/mol. The first-order chi connectivity index (χ1) is 9.47. The Labute approximate surface area is 130 Å². The third kappa shape index (κ3) is 2.68. The molecule has 2 fully saturated rings. The lowest BCUT2D eigenvalue weighted by Crippen LogP contribution is -2.59. The number of benzene rings is 1. The van der Waals surface area contributed by atoms with Crippen LogP contribution in [-0.4, -0.2) is 11.6 Å². The van der Waals surface area contributed by atoms with E-state index >= 15 is 0 Å². The Kier molecular flexibility index (Phi) is 3.95. The van der Waals surface area contributed by atoms with Crippen LogP contribution in [0.15, 0.2) is 28.7 Å². The highest BCUT2D eigenvalue weighted by Crippen LogP contribution is 2.44. The largest absolute Gasteiger partial charge is 0.355 e. The molecule has 1 aliphatic carbocycles. The third-order valence-corrected chi connectivity index (χ3v) is 5.70. The molecule has 1 heterocycles. The molecule has 0 unspecified atom stereocenters. The zero-order chi connectivity index (χ0) is 14.3. The summed E-state index contributed by atoms with van der Waals surface area (Å²) in [7, 11) is 0. The molecule has 2 aliphatic rings. The molecule has 1 aromatic carbocycles. The first-order valence-corrected chi connectivity index (χ1v) is 8.44. The summed E-state index contributed by atoms with van der Waals surface area (Å²) in [6.45, 7) is 7.00. The van der Waals surface area contributed by atoms with Gasteiger partial charge >= 0.3 is 0 Å². The fourth-order valence-electron chi connectivity index (χ4n) is 3.80. The fraction of sp³-hybridized carbons (Fsp3) is 0.647. The van der Waals surface area contributed by atoms with Crippen molar-refractivity contribution in [3.05, 3.63) is 34.3 Å². The molecule has 2 nitrogen and oxygen atoms in total. The molecule has 3 rings (SSSR count). The Morgan fingerprint density at radius 3 is 2.75 bits per heavy atom. The van der Waals surface area contributed by atoms with E-state index in [1.54, 1.807) is 0 Å². The summed E-state index contributed by atoms with van der Waals surface area (Å²) in [5, 5.41) is 3.71. The molecule has 110 valence electrons. The van der Waals surface area contributed by atoms with Crippen molar-refractivity contribution in [3.8, 4) is 0 Å². The summed E-state index contributed by atoms with van der Waals surface area (Å²) >= 11 is 3.65. The molecule has 0 spiro atoms. The van der Waals surface area contributed by atoms with E-state index in [0.29, 0.717) is 12.0 Å². The minimum atomic E-state index is -0.00729. The fourth-order valence-corrected chi connectivity index (χ4v) is 4.29. The van der Waals surface area contributed by atoms with E-state index in [4.69, 9.17) is 4.74 Å². The Morgan fingerprint density at radius 2 is 2.00 bits per heavy atom. The van der Waals surface area contributed by atoms with E-state index in [1.165, 1.54) is 24.8 Å². The zero-order valence-electron chi connectivity index (χ0n) is 12.5. The molecule has 20 heavy (non-hydrogen) atoms. The highest BCUT2D eigenvalue weighted by atomic mass is 79.9. The Morgan fingerprint density at radius 1 is 1.25 bits per heavy atom. The van der Waals surface area contributed by atoms with Crippen LogP contribution in [0.5, 0.6) is 0 Å². The average Bonchev–Trinajstić information content (AvgIpc) is 2.37. The van der Waals surface area contributed by atoms with Crippen LogP contribution in [0.25, 0.3) is 0 Å². The van der Waals surface area contributed by atoms with Gasteiger partial charge in [-0.1, -0.05) is 47.5 Å². The normalized spacial score (nSPS) is 36.4. The topological polar surface area (TPSA) is 21.3 Å². The molecule has 3 heteroatoms. The van der Waals surface area contributed by atoms with Gasteiger partial charge in [-0.05, 0) is 38.7 Å². The maximum atomic E-state index is 6.42. The predicted octanol–water partition coefficient (Wildman–Crippen LogP) is 4.65. The van der Waals surface area contributed by atoms with Gasteiger partial charge in [0.2, 0.25) is 0 Å². The lowest BCUT2D eigenvalue weighted by molar-refractivity contribution is -0.156. The first kappa shape index (κ1) is 14.6. The van der Waals surface area contributed by atoms with Crippen LogP contribution < -0.4 is 5.32 Å². The van der Waals surface area contributed by atoms with Gasteiger partial charge in [-0.3, -0.25) is 5.32 Å². The van der Waals surface area contributed by atoms with Gasteiger partial charge in [0.15, 0.2) is 0 Å². The number of halogens is 1. The minimum absolute atomic E-state index is 0.00729. The van der Waals surface area contributed by atoms with Crippen molar-refractivity contribution < 1.29 is 4.74 Å². The quantitative estimate of drug-likeness (QED) is 0.805. The van der Waals surface area contributed by atoms with E-state index in [0.717, 1.165) is 10.4 Å². The van der Waals surface area contributed by atoms with Crippen molar-refractivity contribution in [1.29, 1.82) is 0 Å². The molecule has 0 radical (unpaired) electrons. The van der Waals surface area contributed by atoms with Crippen LogP contribution in [-0.2, 0) is 4.74 Å². The molecule has 1 saturated heterocycles. The smallest absolute Gasteiger partial charge is 0.136 e. The summed E-state index contributed by atoms with van der Waals surface area (Å²) in [5.74, 6) is 1.41. The monoisotopic (exact) mass is 337 g/mol. The van der Waals surface area contributed by atoms with Crippen molar-refractivity contribution in [3.63, 3.8) is 0 Å². The zero-order valence-corrected chi connectivity index (χ0v) is 14.1. The van der Waals surface area contributed by atoms with Gasteiger partial charge in [-0.2, -0.15) is 0 Å². The third-order valence-electron chi connectivity index (χ3n) is 4.98. The first-order valence-electron chi connectivity index (χ1n) is 7.65. The summed E-state index contributed by atoms with van der Waals surface area (Å²) in [6.07, 6.45) is 4.17. The van der Waals surface area contributed by atoms with E-state index in [-0.39, 0.29) is 11.8 Å². The van der Waals surface area contributed by atoms with E-state index in [2.05, 4.69) is 60.2 Å². The van der Waals surface area contributed by atoms with Crippen LogP contribution in [0.4, 0.5) is 0 Å². The molecule has 4 atom stereocenters. The number of hydrogen-bond acceptors (Lipinski definition) is 2. The van der Waals surface area contributed by atoms with Crippen molar-refractivity contribution in [2.45, 2.75) is 57.9 Å². The second kappa shape index (κ2) is 5.43. The van der Waals surface area contributed by atoms with Crippen molar-refractivity contribution >= 4 is 15.9 Å². The van der Waals surface area contributed by atoms with Crippen LogP contribution >= 0.6 is 15.9 Å². The van der Waals surface area contributed by atoms with Gasteiger partial charge in [0.05, 0.1) is 6.10 Å². The Bertz CT molecular complexity index is 488. The molecule has 0 bridgehead atoms. The number of rotatable bonds is 1. The molecule has 1 aliphatic heterocycles. The second-order valence-electron chi connectivity index (χ2n) is 6.97. The lowest BCUT2D eigenvalue weighted by atomic mass is 9.70. The predicted molar refractivity (Wildman–Crippen MR) is 85.5 cm³/mol. The van der Waals surface area contributed by atoms with Gasteiger partial charge in [0.25, 0.3) is 0 Å². The van der Waals surface area contributed by atoms with Crippen molar-refractivity contribution in [2.24, 2.45) is 11.8 Å². The van der Waals surface area contributed by atoms with Crippen molar-refractivity contribution in [1.82, 2.24) is 5.32 Å². The molecule has 0 amide bonds. The average molecular weight is 338 g/mol. The Hall–Kier alpha value is -0.380.